The average Bonchev–Trinajstić information content (AvgIpc) is 2.68. The summed E-state index contributed by atoms with van der Waals surface area (Å²) in [6, 6.07) is 16.1. The van der Waals surface area contributed by atoms with Crippen LogP contribution in [0.4, 0.5) is 0 Å². The van der Waals surface area contributed by atoms with Crippen molar-refractivity contribution in [3.05, 3.63) is 65.2 Å². The Bertz CT molecular complexity index is 761. The standard InChI is InChI=1S/C25H28O/c1-3-5-7-9-21-26-25-19-17-24(18-20-25)16-15-23-13-11-22(12-14-23)10-8-6-4-2/h11-14,17-20H,3-7,9,21H2,1-2H3. The van der Waals surface area contributed by atoms with Crippen LogP contribution in [0.25, 0.3) is 0 Å². The van der Waals surface area contributed by atoms with Crippen molar-refractivity contribution in [1.82, 2.24) is 0 Å². The van der Waals surface area contributed by atoms with Crippen LogP contribution in [0.3, 0.4) is 0 Å². The highest BCUT2D eigenvalue weighted by atomic mass is 16.5. The van der Waals surface area contributed by atoms with Crippen molar-refractivity contribution >= 4 is 0 Å². The first-order valence-electron chi connectivity index (χ1n) is 9.65. The van der Waals surface area contributed by atoms with E-state index in [1.165, 1.54) is 19.3 Å². The molecule has 0 fully saturated rings. The first-order chi connectivity index (χ1) is 12.8. The van der Waals surface area contributed by atoms with Crippen molar-refractivity contribution in [3.63, 3.8) is 0 Å². The Hall–Kier alpha value is -2.64. The van der Waals surface area contributed by atoms with Crippen molar-refractivity contribution in [2.24, 2.45) is 0 Å². The summed E-state index contributed by atoms with van der Waals surface area (Å²) in [6.07, 6.45) is 6.93. The van der Waals surface area contributed by atoms with Crippen LogP contribution < -0.4 is 4.74 Å². The fourth-order valence-corrected chi connectivity index (χ4v) is 2.42. The van der Waals surface area contributed by atoms with Crippen molar-refractivity contribution in [2.45, 2.75) is 52.4 Å². The Morgan fingerprint density at radius 1 is 0.654 bits per heavy atom. The maximum absolute atomic E-state index is 5.76. The molecule has 0 unspecified atom stereocenters. The highest BCUT2D eigenvalue weighted by Gasteiger charge is 1.95. The summed E-state index contributed by atoms with van der Waals surface area (Å²) in [5.41, 5.74) is 3.04. The molecule has 134 valence electrons. The molecule has 2 aromatic carbocycles. The number of hydrogen-bond donors (Lipinski definition) is 0. The van der Waals surface area contributed by atoms with Crippen molar-refractivity contribution in [1.29, 1.82) is 0 Å². The summed E-state index contributed by atoms with van der Waals surface area (Å²) < 4.78 is 5.76. The van der Waals surface area contributed by atoms with Crippen LogP contribution in [0.15, 0.2) is 48.5 Å². The molecule has 2 aromatic rings. The van der Waals surface area contributed by atoms with E-state index in [9.17, 15) is 0 Å². The van der Waals surface area contributed by atoms with Gasteiger partial charge in [0.25, 0.3) is 0 Å². The third-order valence-corrected chi connectivity index (χ3v) is 3.96. The molecule has 0 N–H and O–H groups in total. The van der Waals surface area contributed by atoms with Crippen LogP contribution in [0.2, 0.25) is 0 Å². The Kier molecular flexibility index (Phi) is 8.96. The first-order valence-corrected chi connectivity index (χ1v) is 9.65. The average molecular weight is 344 g/mol. The second-order valence-corrected chi connectivity index (χ2v) is 6.31. The lowest BCUT2D eigenvalue weighted by atomic mass is 10.1. The number of hydrogen-bond acceptors (Lipinski definition) is 1. The maximum Gasteiger partial charge on any atom is 0.119 e. The second kappa shape index (κ2) is 11.8. The Morgan fingerprint density at radius 2 is 1.23 bits per heavy atom. The highest BCUT2D eigenvalue weighted by molar-refractivity contribution is 5.46. The Morgan fingerprint density at radius 3 is 1.81 bits per heavy atom. The molecule has 0 saturated heterocycles. The smallest absolute Gasteiger partial charge is 0.119 e. The van der Waals surface area contributed by atoms with Crippen LogP contribution in [-0.4, -0.2) is 6.61 Å². The quantitative estimate of drug-likeness (QED) is 0.429. The molecule has 0 amide bonds. The third-order valence-electron chi connectivity index (χ3n) is 3.96. The maximum atomic E-state index is 5.76. The fraction of sp³-hybridized carbons (Fsp3) is 0.360. The molecule has 1 nitrogen and oxygen atoms in total. The summed E-state index contributed by atoms with van der Waals surface area (Å²) in [6.45, 7) is 5.15. The van der Waals surface area contributed by atoms with Gasteiger partial charge in [-0.2, -0.15) is 0 Å². The zero-order valence-electron chi connectivity index (χ0n) is 16.0. The minimum atomic E-state index is 0.790. The molecular weight excluding hydrogens is 316 g/mol. The molecule has 0 heterocycles. The number of unbranched alkanes of at least 4 members (excludes halogenated alkanes) is 4. The largest absolute Gasteiger partial charge is 0.494 e. The monoisotopic (exact) mass is 344 g/mol. The van der Waals surface area contributed by atoms with E-state index in [4.69, 9.17) is 4.74 Å². The van der Waals surface area contributed by atoms with E-state index in [1.807, 2.05) is 48.5 Å². The molecule has 0 radical (unpaired) electrons. The van der Waals surface area contributed by atoms with Crippen LogP contribution in [0, 0.1) is 23.7 Å². The van der Waals surface area contributed by atoms with Gasteiger partial charge in [-0.05, 0) is 61.4 Å². The summed E-state index contributed by atoms with van der Waals surface area (Å²) >= 11 is 0. The van der Waals surface area contributed by atoms with E-state index >= 15 is 0 Å². The Labute approximate surface area is 158 Å². The first kappa shape index (κ1) is 19.7. The zero-order chi connectivity index (χ0) is 18.5. The number of ether oxygens (including phenoxy) is 1. The lowest BCUT2D eigenvalue weighted by Crippen LogP contribution is -1.96. The van der Waals surface area contributed by atoms with E-state index in [-0.39, 0.29) is 0 Å². The van der Waals surface area contributed by atoms with Gasteiger partial charge in [0, 0.05) is 23.1 Å². The van der Waals surface area contributed by atoms with Gasteiger partial charge in [0.15, 0.2) is 0 Å². The van der Waals surface area contributed by atoms with Crippen molar-refractivity contribution < 1.29 is 4.74 Å². The molecular formula is C25H28O. The van der Waals surface area contributed by atoms with Crippen LogP contribution in [0.5, 0.6) is 5.75 Å². The normalized spacial score (nSPS) is 9.62. The molecule has 0 atom stereocenters. The minimum absolute atomic E-state index is 0.790. The molecule has 0 saturated carbocycles. The molecule has 2 rings (SSSR count). The molecule has 0 spiro atoms. The molecule has 1 heteroatoms. The van der Waals surface area contributed by atoms with E-state index in [0.717, 1.165) is 48.3 Å². The van der Waals surface area contributed by atoms with Crippen LogP contribution in [0.1, 0.15) is 69.1 Å². The minimum Gasteiger partial charge on any atom is -0.494 e. The lowest BCUT2D eigenvalue weighted by molar-refractivity contribution is 0.305. The summed E-state index contributed by atoms with van der Waals surface area (Å²) in [7, 11) is 0. The van der Waals surface area contributed by atoms with Gasteiger partial charge < -0.3 is 4.74 Å². The molecule has 0 aliphatic carbocycles. The summed E-state index contributed by atoms with van der Waals surface area (Å²) in [5, 5.41) is 0. The predicted octanol–water partition coefficient (Wildman–Crippen LogP) is 6.20. The number of benzene rings is 2. The topological polar surface area (TPSA) is 9.23 Å². The summed E-state index contributed by atoms with van der Waals surface area (Å²) in [4.78, 5) is 0. The molecule has 0 aromatic heterocycles. The molecule has 26 heavy (non-hydrogen) atoms. The predicted molar refractivity (Wildman–Crippen MR) is 110 cm³/mol. The third kappa shape index (κ3) is 7.50. The van der Waals surface area contributed by atoms with Crippen LogP contribution >= 0.6 is 0 Å². The molecule has 0 aliphatic rings. The van der Waals surface area contributed by atoms with Gasteiger partial charge >= 0.3 is 0 Å². The van der Waals surface area contributed by atoms with Crippen molar-refractivity contribution in [2.75, 3.05) is 6.61 Å². The zero-order valence-corrected chi connectivity index (χ0v) is 16.0. The molecule has 0 aliphatic heterocycles. The Balaban J connectivity index is 1.86. The van der Waals surface area contributed by atoms with Crippen molar-refractivity contribution in [3.8, 4) is 29.4 Å². The molecule has 0 bridgehead atoms. The van der Waals surface area contributed by atoms with Gasteiger partial charge in [-0.3, -0.25) is 0 Å². The van der Waals surface area contributed by atoms with E-state index in [2.05, 4.69) is 37.5 Å². The van der Waals surface area contributed by atoms with Gasteiger partial charge in [0.1, 0.15) is 5.75 Å². The van der Waals surface area contributed by atoms with Gasteiger partial charge in [0.05, 0.1) is 6.61 Å². The van der Waals surface area contributed by atoms with Crippen LogP contribution in [-0.2, 0) is 0 Å². The van der Waals surface area contributed by atoms with Gasteiger partial charge in [-0.1, -0.05) is 56.8 Å². The summed E-state index contributed by atoms with van der Waals surface area (Å²) in [5.74, 6) is 13.7. The van der Waals surface area contributed by atoms with E-state index < -0.39 is 0 Å². The fourth-order valence-electron chi connectivity index (χ4n) is 2.42. The van der Waals surface area contributed by atoms with Gasteiger partial charge in [0.2, 0.25) is 0 Å². The van der Waals surface area contributed by atoms with E-state index in [0.29, 0.717) is 0 Å². The van der Waals surface area contributed by atoms with Gasteiger partial charge in [-0.15, -0.1) is 0 Å². The second-order valence-electron chi connectivity index (χ2n) is 6.31. The SMILES string of the molecule is CCCC#Cc1ccc(C#Cc2ccc(OCCCCCC)cc2)cc1. The number of rotatable bonds is 7. The van der Waals surface area contributed by atoms with E-state index in [1.54, 1.807) is 0 Å². The lowest BCUT2D eigenvalue weighted by Gasteiger charge is -2.05. The highest BCUT2D eigenvalue weighted by Crippen LogP contribution is 2.13. The van der Waals surface area contributed by atoms with Gasteiger partial charge in [-0.25, -0.2) is 0 Å².